The van der Waals surface area contributed by atoms with E-state index in [2.05, 4.69) is 6.92 Å². The van der Waals surface area contributed by atoms with Crippen LogP contribution in [0.4, 0.5) is 0 Å². The average Bonchev–Trinajstić information content (AvgIpc) is 3.30. The Balaban J connectivity index is 2.05. The molecule has 1 unspecified atom stereocenters. The zero-order chi connectivity index (χ0) is 31.9. The number of carbonyl (C=O) groups excluding carboxylic acids is 2. The minimum Gasteiger partial charge on any atom is -0.480 e. The van der Waals surface area contributed by atoms with Crippen LogP contribution in [0.2, 0.25) is 0 Å². The number of esters is 1. The van der Waals surface area contributed by atoms with Gasteiger partial charge in [-0.25, -0.2) is 0 Å². The van der Waals surface area contributed by atoms with Crippen LogP contribution in [0, 0.1) is 0 Å². The molecule has 0 aromatic carbocycles. The molecule has 1 aliphatic heterocycles. The van der Waals surface area contributed by atoms with Crippen molar-refractivity contribution < 1.29 is 44.3 Å². The first-order chi connectivity index (χ1) is 20.7. The quantitative estimate of drug-likeness (QED) is 0.0549. The summed E-state index contributed by atoms with van der Waals surface area (Å²) in [7, 11) is 1.74. The topological polar surface area (TPSA) is 154 Å². The molecule has 0 saturated carbocycles. The maximum Gasteiger partial charge on any atom is 0.328 e. The molecular formula is C33H61NO9. The van der Waals surface area contributed by atoms with Crippen molar-refractivity contribution in [2.45, 2.75) is 166 Å². The van der Waals surface area contributed by atoms with Gasteiger partial charge in [0.25, 0.3) is 0 Å². The number of hydrogen-bond acceptors (Lipinski definition) is 9. The zero-order valence-corrected chi connectivity index (χ0v) is 26.9. The fourth-order valence-electron chi connectivity index (χ4n) is 5.70. The number of rotatable bonds is 28. The zero-order valence-electron chi connectivity index (χ0n) is 26.9. The summed E-state index contributed by atoms with van der Waals surface area (Å²) < 4.78 is 10.5. The number of aliphatic hydroxyl groups is 3. The van der Waals surface area contributed by atoms with Gasteiger partial charge in [0.2, 0.25) is 0 Å². The Morgan fingerprint density at radius 3 is 1.74 bits per heavy atom. The van der Waals surface area contributed by atoms with E-state index in [1.165, 1.54) is 38.5 Å². The van der Waals surface area contributed by atoms with Gasteiger partial charge in [-0.15, -0.1) is 0 Å². The monoisotopic (exact) mass is 615 g/mol. The predicted octanol–water partition coefficient (Wildman–Crippen LogP) is 4.79. The molecule has 0 bridgehead atoms. The summed E-state index contributed by atoms with van der Waals surface area (Å²) in [5.74, 6) is -1.68. The third-order valence-electron chi connectivity index (χ3n) is 8.42. The SMILES string of the molecule is CCCCCCCCCCCC(=O)C(C(=O)O)N(C)CCCCCCCCCCCC(=O)O[C@H](CO)[C@H]1OC[C@H](O)[C@H]1O. The van der Waals surface area contributed by atoms with Crippen molar-refractivity contribution >= 4 is 17.7 Å². The maximum absolute atomic E-state index is 12.6. The van der Waals surface area contributed by atoms with Gasteiger partial charge in [-0.2, -0.15) is 0 Å². The van der Waals surface area contributed by atoms with Crippen LogP contribution in [-0.4, -0.2) is 100 Å². The Kier molecular flexibility index (Phi) is 22.7. The lowest BCUT2D eigenvalue weighted by atomic mass is 10.0. The molecule has 1 saturated heterocycles. The van der Waals surface area contributed by atoms with E-state index in [4.69, 9.17) is 9.47 Å². The van der Waals surface area contributed by atoms with Crippen molar-refractivity contribution in [3.05, 3.63) is 0 Å². The largest absolute Gasteiger partial charge is 0.480 e. The van der Waals surface area contributed by atoms with E-state index < -0.39 is 49.0 Å². The van der Waals surface area contributed by atoms with Crippen LogP contribution in [0.5, 0.6) is 0 Å². The second-order valence-corrected chi connectivity index (χ2v) is 12.3. The van der Waals surface area contributed by atoms with E-state index >= 15 is 0 Å². The molecule has 1 heterocycles. The molecule has 5 atom stereocenters. The van der Waals surface area contributed by atoms with E-state index in [1.54, 1.807) is 11.9 Å². The maximum atomic E-state index is 12.6. The minimum absolute atomic E-state index is 0.0530. The molecule has 0 radical (unpaired) electrons. The third-order valence-corrected chi connectivity index (χ3v) is 8.42. The Hall–Kier alpha value is -1.59. The fraction of sp³-hybridized carbons (Fsp3) is 0.909. The number of carboxylic acids is 1. The number of carboxylic acid groups (broad SMARTS) is 1. The third kappa shape index (κ3) is 17.5. The van der Waals surface area contributed by atoms with Crippen molar-refractivity contribution in [1.29, 1.82) is 0 Å². The molecule has 4 N–H and O–H groups in total. The van der Waals surface area contributed by atoms with E-state index in [1.807, 2.05) is 0 Å². The average molecular weight is 616 g/mol. The molecule has 1 rings (SSSR count). The van der Waals surface area contributed by atoms with Crippen LogP contribution in [0.1, 0.15) is 135 Å². The molecule has 1 fully saturated rings. The molecule has 0 amide bonds. The normalized spacial score (nSPS) is 19.9. The number of hydrogen-bond donors (Lipinski definition) is 4. The lowest BCUT2D eigenvalue weighted by Gasteiger charge is -2.24. The summed E-state index contributed by atoms with van der Waals surface area (Å²) in [4.78, 5) is 38.2. The lowest BCUT2D eigenvalue weighted by Crippen LogP contribution is -2.45. The number of ketones is 1. The Morgan fingerprint density at radius 1 is 0.791 bits per heavy atom. The number of unbranched alkanes of at least 4 members (excludes halogenated alkanes) is 16. The van der Waals surface area contributed by atoms with Gasteiger partial charge in [0.1, 0.15) is 18.3 Å². The molecule has 0 aromatic rings. The minimum atomic E-state index is -1.18. The Bertz CT molecular complexity index is 750. The first kappa shape index (κ1) is 39.4. The second-order valence-electron chi connectivity index (χ2n) is 12.3. The summed E-state index contributed by atoms with van der Waals surface area (Å²) in [6.45, 7) is 2.28. The van der Waals surface area contributed by atoms with Gasteiger partial charge in [0.05, 0.1) is 13.2 Å². The van der Waals surface area contributed by atoms with Crippen molar-refractivity contribution in [1.82, 2.24) is 4.90 Å². The molecule has 10 heteroatoms. The summed E-state index contributed by atoms with van der Waals surface area (Å²) in [5.41, 5.74) is 0. The number of Topliss-reactive ketones (excluding diaryl/α,β-unsaturated/α-hetero) is 1. The van der Waals surface area contributed by atoms with Crippen molar-refractivity contribution in [3.63, 3.8) is 0 Å². The van der Waals surface area contributed by atoms with Gasteiger partial charge in [-0.3, -0.25) is 19.3 Å². The highest BCUT2D eigenvalue weighted by molar-refractivity contribution is 6.02. The van der Waals surface area contributed by atoms with Gasteiger partial charge >= 0.3 is 11.9 Å². The fourth-order valence-corrected chi connectivity index (χ4v) is 5.70. The van der Waals surface area contributed by atoms with Gasteiger partial charge in [-0.1, -0.05) is 103 Å². The van der Waals surface area contributed by atoms with Crippen molar-refractivity contribution in [2.75, 3.05) is 26.8 Å². The first-order valence-corrected chi connectivity index (χ1v) is 17.0. The van der Waals surface area contributed by atoms with Gasteiger partial charge in [0, 0.05) is 12.8 Å². The van der Waals surface area contributed by atoms with Gasteiger partial charge in [-0.05, 0) is 32.9 Å². The number of nitrogens with zero attached hydrogens (tertiary/aromatic N) is 1. The number of aliphatic hydroxyl groups excluding tert-OH is 3. The summed E-state index contributed by atoms with van der Waals surface area (Å²) >= 11 is 0. The predicted molar refractivity (Wildman–Crippen MR) is 166 cm³/mol. The summed E-state index contributed by atoms with van der Waals surface area (Å²) in [5, 5.41) is 38.5. The van der Waals surface area contributed by atoms with Crippen LogP contribution in [0.15, 0.2) is 0 Å². The van der Waals surface area contributed by atoms with Crippen LogP contribution < -0.4 is 0 Å². The van der Waals surface area contributed by atoms with E-state index in [9.17, 15) is 34.8 Å². The van der Waals surface area contributed by atoms with E-state index in [-0.39, 0.29) is 18.8 Å². The number of ether oxygens (including phenoxy) is 2. The van der Waals surface area contributed by atoms with Crippen LogP contribution in [0.25, 0.3) is 0 Å². The molecule has 252 valence electrons. The number of carbonyl (C=O) groups is 3. The lowest BCUT2D eigenvalue weighted by molar-refractivity contribution is -0.163. The van der Waals surface area contributed by atoms with E-state index in [0.29, 0.717) is 19.4 Å². The van der Waals surface area contributed by atoms with Gasteiger partial charge in [0.15, 0.2) is 17.9 Å². The molecular weight excluding hydrogens is 554 g/mol. The van der Waals surface area contributed by atoms with Crippen molar-refractivity contribution in [3.8, 4) is 0 Å². The smallest absolute Gasteiger partial charge is 0.328 e. The first-order valence-electron chi connectivity index (χ1n) is 17.0. The Labute approximate surface area is 259 Å². The number of aliphatic carboxylic acids is 1. The molecule has 0 aliphatic carbocycles. The van der Waals surface area contributed by atoms with E-state index in [0.717, 1.165) is 70.6 Å². The summed E-state index contributed by atoms with van der Waals surface area (Å²) in [6, 6.07) is -1.05. The molecule has 1 aliphatic rings. The molecule has 10 nitrogen and oxygen atoms in total. The molecule has 43 heavy (non-hydrogen) atoms. The highest BCUT2D eigenvalue weighted by Crippen LogP contribution is 2.20. The second kappa shape index (κ2) is 24.7. The highest BCUT2D eigenvalue weighted by atomic mass is 16.6. The Morgan fingerprint density at radius 2 is 1.28 bits per heavy atom. The summed E-state index contributed by atoms with van der Waals surface area (Å²) in [6.07, 6.45) is 15.7. The standard InChI is InChI=1S/C33H61NO9/c1-3-4-5-6-7-9-12-15-18-21-26(36)30(33(40)41)34(2)23-20-17-14-11-8-10-13-16-19-22-29(38)43-28(24-35)32-31(39)27(37)25-42-32/h27-28,30-32,35,37,39H,3-25H2,1-2H3,(H,40,41)/t27-,28+,30?,31+,32+/m0/s1. The molecule has 0 spiro atoms. The van der Waals surface area contributed by atoms with Crippen LogP contribution >= 0.6 is 0 Å². The van der Waals surface area contributed by atoms with Crippen molar-refractivity contribution in [2.24, 2.45) is 0 Å². The van der Waals surface area contributed by atoms with Gasteiger partial charge < -0.3 is 29.9 Å². The number of likely N-dealkylation sites (N-methyl/N-ethyl adjacent to an activating group) is 1. The molecule has 0 aromatic heterocycles. The van der Waals surface area contributed by atoms with Crippen LogP contribution in [-0.2, 0) is 23.9 Å². The highest BCUT2D eigenvalue weighted by Gasteiger charge is 2.41. The van der Waals surface area contributed by atoms with Crippen LogP contribution in [0.3, 0.4) is 0 Å².